The molecule has 1 aliphatic rings. The normalized spacial score (nSPS) is 23.9. The van der Waals surface area contributed by atoms with Gasteiger partial charge in [0.25, 0.3) is 0 Å². The van der Waals surface area contributed by atoms with Gasteiger partial charge in [0.05, 0.1) is 0 Å². The first-order valence-electron chi connectivity index (χ1n) is 10.0. The van der Waals surface area contributed by atoms with E-state index in [9.17, 15) is 0 Å². The first-order chi connectivity index (χ1) is 13.4. The van der Waals surface area contributed by atoms with Gasteiger partial charge in [0.15, 0.2) is 0 Å². The minimum absolute atomic E-state index is 0.0103. The van der Waals surface area contributed by atoms with E-state index in [4.69, 9.17) is 14.4 Å². The molecule has 1 heterocycles. The van der Waals surface area contributed by atoms with Crippen LogP contribution in [0.2, 0.25) is 18.1 Å². The molecule has 3 nitrogen and oxygen atoms in total. The van der Waals surface area contributed by atoms with Crippen LogP contribution in [0.3, 0.4) is 0 Å². The fourth-order valence-electron chi connectivity index (χ4n) is 3.24. The number of nitrogens with zero attached hydrogens (tertiary/aromatic N) is 1. The van der Waals surface area contributed by atoms with Gasteiger partial charge >= 0.3 is 183 Å². The summed E-state index contributed by atoms with van der Waals surface area (Å²) in [5, 5.41) is 9.20. The van der Waals surface area contributed by atoms with Crippen LogP contribution in [0.4, 0.5) is 0 Å². The van der Waals surface area contributed by atoms with Crippen LogP contribution in [0.25, 0.3) is 0 Å². The van der Waals surface area contributed by atoms with E-state index in [1.165, 1.54) is 4.46 Å². The molecule has 3 rings (SSSR count). The van der Waals surface area contributed by atoms with Gasteiger partial charge < -0.3 is 0 Å². The summed E-state index contributed by atoms with van der Waals surface area (Å²) in [4.78, 5) is 0. The molecule has 0 bridgehead atoms. The van der Waals surface area contributed by atoms with Crippen molar-refractivity contribution in [3.05, 3.63) is 65.7 Å². The summed E-state index contributed by atoms with van der Waals surface area (Å²) in [7, 11) is -2.05. The number of hydrogen-bond acceptors (Lipinski definition) is 3. The van der Waals surface area contributed by atoms with Gasteiger partial charge in [-0.3, -0.25) is 0 Å². The van der Waals surface area contributed by atoms with Crippen molar-refractivity contribution in [1.82, 2.24) is 0 Å². The Morgan fingerprint density at radius 2 is 1.62 bits per heavy atom. The minimum atomic E-state index is -2.05. The molecule has 2 aromatic rings. The van der Waals surface area contributed by atoms with E-state index in [-0.39, 0.29) is 31.5 Å². The summed E-state index contributed by atoms with van der Waals surface area (Å²) in [5.41, 5.74) is 1.59. The fraction of sp³-hybridized carbons (Fsp3) is 0.458. The van der Waals surface area contributed by atoms with Gasteiger partial charge in [0.2, 0.25) is 0 Å². The number of hydrogen-bond donors (Lipinski definition) is 0. The SMILES string of the molecule is CC1(C)C(c2ccc(C#N)cc2)OC1(O[Si](C)(C)C(C)(C)C)[Se]c1ccccc1. The maximum absolute atomic E-state index is 9.10. The standard InChI is InChI=1S/C24H31NO2SeSi/c1-22(2,3)29(6,7)27-24(28-20-11-9-8-10-12-20)23(4,5)21(26-24)19-15-13-18(17-25)14-16-19/h8-16,21H,1-7H3. The monoisotopic (exact) mass is 473 g/mol. The molecule has 0 aromatic heterocycles. The molecule has 0 saturated carbocycles. The zero-order chi connectivity index (χ0) is 21.5. The molecule has 154 valence electrons. The molecule has 5 heteroatoms. The van der Waals surface area contributed by atoms with Crippen molar-refractivity contribution in [2.75, 3.05) is 0 Å². The molecule has 0 spiro atoms. The van der Waals surface area contributed by atoms with Crippen LogP contribution in [0, 0.1) is 16.7 Å². The van der Waals surface area contributed by atoms with Crippen LogP contribution in [0.1, 0.15) is 51.8 Å². The summed E-state index contributed by atoms with van der Waals surface area (Å²) < 4.78 is 14.4. The Balaban J connectivity index is 1.97. The Morgan fingerprint density at radius 3 is 2.10 bits per heavy atom. The number of benzene rings is 2. The molecule has 0 N–H and O–H groups in total. The zero-order valence-electron chi connectivity index (χ0n) is 18.4. The van der Waals surface area contributed by atoms with Crippen molar-refractivity contribution in [3.63, 3.8) is 0 Å². The molecule has 1 aliphatic heterocycles. The molecule has 0 radical (unpaired) electrons. The Morgan fingerprint density at radius 1 is 1.03 bits per heavy atom. The predicted molar refractivity (Wildman–Crippen MR) is 122 cm³/mol. The zero-order valence-corrected chi connectivity index (χ0v) is 21.2. The first-order valence-corrected chi connectivity index (χ1v) is 14.7. The van der Waals surface area contributed by atoms with E-state index >= 15 is 0 Å². The maximum atomic E-state index is 9.10. The average Bonchev–Trinajstić information content (AvgIpc) is 2.65. The van der Waals surface area contributed by atoms with Gasteiger partial charge in [-0.2, -0.15) is 0 Å². The van der Waals surface area contributed by atoms with Gasteiger partial charge in [0, 0.05) is 0 Å². The summed E-state index contributed by atoms with van der Waals surface area (Å²) in [6, 6.07) is 20.5. The van der Waals surface area contributed by atoms with Crippen molar-refractivity contribution in [3.8, 4) is 6.07 Å². The topological polar surface area (TPSA) is 42.2 Å². The van der Waals surface area contributed by atoms with Crippen molar-refractivity contribution in [2.45, 2.75) is 63.5 Å². The fourth-order valence-corrected chi connectivity index (χ4v) is 8.49. The van der Waals surface area contributed by atoms with Gasteiger partial charge in [0.1, 0.15) is 0 Å². The summed E-state index contributed by atoms with van der Waals surface area (Å²) in [5.74, 6) is 0. The summed E-state index contributed by atoms with van der Waals surface area (Å²) in [6.07, 6.45) is -0.0504. The van der Waals surface area contributed by atoms with E-state index in [2.05, 4.69) is 78.0 Å². The van der Waals surface area contributed by atoms with E-state index < -0.39 is 13.0 Å². The second-order valence-corrected chi connectivity index (χ2v) is 17.1. The predicted octanol–water partition coefficient (Wildman–Crippen LogP) is 5.36. The van der Waals surface area contributed by atoms with Crippen LogP contribution in [0.15, 0.2) is 54.6 Å². The molecular formula is C24H31NO2SeSi. The summed E-state index contributed by atoms with van der Waals surface area (Å²) in [6.45, 7) is 15.9. The van der Waals surface area contributed by atoms with Crippen molar-refractivity contribution < 1.29 is 9.16 Å². The number of nitriles is 1. The van der Waals surface area contributed by atoms with Crippen LogP contribution < -0.4 is 4.46 Å². The van der Waals surface area contributed by atoms with Gasteiger partial charge in [-0.1, -0.05) is 0 Å². The van der Waals surface area contributed by atoms with E-state index in [1.807, 2.05) is 30.3 Å². The average molecular weight is 473 g/mol. The second kappa shape index (κ2) is 7.69. The molecular weight excluding hydrogens is 441 g/mol. The van der Waals surface area contributed by atoms with Crippen molar-refractivity contribution in [1.29, 1.82) is 5.26 Å². The van der Waals surface area contributed by atoms with Crippen LogP contribution in [-0.2, 0) is 9.16 Å². The molecule has 2 unspecified atom stereocenters. The molecule has 0 amide bonds. The van der Waals surface area contributed by atoms with E-state index in [0.717, 1.165) is 5.56 Å². The third-order valence-electron chi connectivity index (χ3n) is 6.25. The molecule has 2 aromatic carbocycles. The molecule has 2 atom stereocenters. The van der Waals surface area contributed by atoms with Gasteiger partial charge in [-0.25, -0.2) is 0 Å². The van der Waals surface area contributed by atoms with Gasteiger partial charge in [-0.15, -0.1) is 0 Å². The van der Waals surface area contributed by atoms with Crippen molar-refractivity contribution in [2.24, 2.45) is 5.41 Å². The van der Waals surface area contributed by atoms with Gasteiger partial charge in [-0.05, 0) is 0 Å². The van der Waals surface area contributed by atoms with Crippen LogP contribution in [-0.4, -0.2) is 28.0 Å². The first kappa shape index (κ1) is 22.3. The van der Waals surface area contributed by atoms with Crippen LogP contribution in [0.5, 0.6) is 0 Å². The Kier molecular flexibility index (Phi) is 5.90. The molecule has 1 saturated heterocycles. The van der Waals surface area contributed by atoms with Crippen molar-refractivity contribution >= 4 is 27.7 Å². The Bertz CT molecular complexity index is 897. The van der Waals surface area contributed by atoms with E-state index in [0.29, 0.717) is 5.56 Å². The third kappa shape index (κ3) is 4.10. The Labute approximate surface area is 182 Å². The summed E-state index contributed by atoms with van der Waals surface area (Å²) >= 11 is 0.0103. The molecule has 29 heavy (non-hydrogen) atoms. The van der Waals surface area contributed by atoms with E-state index in [1.54, 1.807) is 0 Å². The van der Waals surface area contributed by atoms with Crippen LogP contribution >= 0.6 is 0 Å². The quantitative estimate of drug-likeness (QED) is 0.550. The number of ether oxygens (including phenoxy) is 1. The number of rotatable bonds is 5. The third-order valence-corrected chi connectivity index (χ3v) is 14.1. The second-order valence-electron chi connectivity index (χ2n) is 9.79. The molecule has 0 aliphatic carbocycles. The molecule has 1 fully saturated rings. The Hall–Kier alpha value is -1.41.